The largest absolute Gasteiger partial charge is 0.493 e. The van der Waals surface area contributed by atoms with Gasteiger partial charge in [0.1, 0.15) is 23.7 Å². The van der Waals surface area contributed by atoms with E-state index in [9.17, 15) is 4.39 Å². The second-order valence-corrected chi connectivity index (χ2v) is 5.13. The number of anilines is 1. The maximum atomic E-state index is 13.0. The van der Waals surface area contributed by atoms with Gasteiger partial charge in [0, 0.05) is 18.3 Å². The lowest BCUT2D eigenvalue weighted by Gasteiger charge is -2.13. The average Bonchev–Trinajstić information content (AvgIpc) is 2.55. The van der Waals surface area contributed by atoms with Crippen LogP contribution in [0.4, 0.5) is 10.1 Å². The molecular formula is C18H22FNO2S. The molecule has 23 heavy (non-hydrogen) atoms. The van der Waals surface area contributed by atoms with Gasteiger partial charge >= 0.3 is 0 Å². The Morgan fingerprint density at radius 1 is 1.17 bits per heavy atom. The molecule has 5 heteroatoms. The molecule has 2 aromatic rings. The summed E-state index contributed by atoms with van der Waals surface area (Å²) in [6.07, 6.45) is 0. The molecule has 0 heterocycles. The third-order valence-corrected chi connectivity index (χ3v) is 3.34. The smallest absolute Gasteiger partial charge is 0.145 e. The lowest BCUT2D eigenvalue weighted by molar-refractivity contribution is 0.304. The van der Waals surface area contributed by atoms with Crippen LogP contribution in [0, 0.1) is 19.7 Å². The molecule has 0 aliphatic heterocycles. The topological polar surface area (TPSA) is 30.5 Å². The molecule has 0 spiro atoms. The highest BCUT2D eigenvalue weighted by atomic mass is 32.1. The van der Waals surface area contributed by atoms with Gasteiger partial charge in [0.15, 0.2) is 0 Å². The number of aryl methyl sites for hydroxylation is 2. The van der Waals surface area contributed by atoms with E-state index in [1.807, 2.05) is 20.0 Å². The molecule has 0 radical (unpaired) electrons. The Morgan fingerprint density at radius 2 is 1.87 bits per heavy atom. The van der Waals surface area contributed by atoms with Crippen LogP contribution in [0.15, 0.2) is 36.4 Å². The number of hydrogen-bond acceptors (Lipinski definition) is 4. The van der Waals surface area contributed by atoms with Crippen molar-refractivity contribution in [3.05, 3.63) is 58.9 Å². The van der Waals surface area contributed by atoms with Crippen molar-refractivity contribution in [1.29, 1.82) is 0 Å². The van der Waals surface area contributed by atoms with Crippen molar-refractivity contribution in [3.63, 3.8) is 0 Å². The molecule has 2 rings (SSSR count). The summed E-state index contributed by atoms with van der Waals surface area (Å²) in [5.74, 6) is 0.472. The molecule has 2 aromatic carbocycles. The van der Waals surface area contributed by atoms with Gasteiger partial charge < -0.3 is 14.8 Å². The molecular weight excluding hydrogens is 313 g/mol. The summed E-state index contributed by atoms with van der Waals surface area (Å²) in [5, 5.41) is 3.16. The first-order valence-corrected chi connectivity index (χ1v) is 7.61. The molecule has 0 aromatic heterocycles. The number of halogens is 1. The molecule has 0 atom stereocenters. The van der Waals surface area contributed by atoms with E-state index < -0.39 is 0 Å². The Labute approximate surface area is 142 Å². The van der Waals surface area contributed by atoms with Crippen molar-refractivity contribution >= 4 is 23.5 Å². The monoisotopic (exact) mass is 335 g/mol. The van der Waals surface area contributed by atoms with Crippen molar-refractivity contribution in [2.45, 2.75) is 20.5 Å². The fourth-order valence-electron chi connectivity index (χ4n) is 1.98. The molecule has 3 nitrogen and oxygen atoms in total. The number of rotatable bonds is 5. The van der Waals surface area contributed by atoms with E-state index in [-0.39, 0.29) is 5.82 Å². The van der Waals surface area contributed by atoms with E-state index in [0.29, 0.717) is 12.4 Å². The van der Waals surface area contributed by atoms with Crippen LogP contribution in [0.1, 0.15) is 16.7 Å². The standard InChI is InChI=1S/C16H18FNO.C2H4OS/c1-11-4-5-13(15(8-11)18-3)10-19-16-7-6-14(17)9-12(16)2;1-3-2-4/h4-9,18H,10H2,1-3H3;2H,1H3. The van der Waals surface area contributed by atoms with Gasteiger partial charge in [0.05, 0.1) is 7.11 Å². The van der Waals surface area contributed by atoms with E-state index in [1.165, 1.54) is 30.4 Å². The van der Waals surface area contributed by atoms with Gasteiger partial charge in [-0.3, -0.25) is 0 Å². The van der Waals surface area contributed by atoms with Crippen molar-refractivity contribution in [2.75, 3.05) is 19.5 Å². The predicted molar refractivity (Wildman–Crippen MR) is 96.9 cm³/mol. The Bertz CT molecular complexity index is 647. The molecule has 0 aliphatic rings. The van der Waals surface area contributed by atoms with Crippen LogP contribution in [0.5, 0.6) is 5.75 Å². The summed E-state index contributed by atoms with van der Waals surface area (Å²) in [7, 11) is 3.41. The van der Waals surface area contributed by atoms with Crippen molar-refractivity contribution in [3.8, 4) is 5.75 Å². The second-order valence-electron chi connectivity index (χ2n) is 4.94. The van der Waals surface area contributed by atoms with Gasteiger partial charge in [-0.2, -0.15) is 0 Å². The van der Waals surface area contributed by atoms with E-state index >= 15 is 0 Å². The predicted octanol–water partition coefficient (Wildman–Crippen LogP) is 4.65. The van der Waals surface area contributed by atoms with Crippen molar-refractivity contribution < 1.29 is 13.9 Å². The zero-order valence-corrected chi connectivity index (χ0v) is 14.7. The first-order chi connectivity index (χ1) is 11.0. The van der Waals surface area contributed by atoms with Gasteiger partial charge in [-0.15, -0.1) is 0 Å². The normalized spacial score (nSPS) is 9.43. The Balaban J connectivity index is 0.000000593. The molecule has 0 saturated carbocycles. The van der Waals surface area contributed by atoms with Gasteiger partial charge in [-0.05, 0) is 61.5 Å². The highest BCUT2D eigenvalue weighted by Crippen LogP contribution is 2.22. The summed E-state index contributed by atoms with van der Waals surface area (Å²) in [4.78, 5) is 0. The molecule has 0 bridgehead atoms. The minimum absolute atomic E-state index is 0.240. The third-order valence-electron chi connectivity index (χ3n) is 3.15. The van der Waals surface area contributed by atoms with Crippen LogP contribution in [0.2, 0.25) is 0 Å². The summed E-state index contributed by atoms with van der Waals surface area (Å²) in [6, 6.07) is 10.7. The Kier molecular flexibility index (Phi) is 8.05. The first-order valence-electron chi connectivity index (χ1n) is 7.14. The number of hydrogen-bond donors (Lipinski definition) is 1. The molecule has 0 amide bonds. The van der Waals surface area contributed by atoms with Crippen LogP contribution in [-0.4, -0.2) is 19.7 Å². The number of benzene rings is 2. The number of nitrogens with one attached hydrogen (secondary N) is 1. The van der Waals surface area contributed by atoms with Gasteiger partial charge in [-0.1, -0.05) is 12.1 Å². The summed E-state index contributed by atoms with van der Waals surface area (Å²) in [6.45, 7) is 4.35. The van der Waals surface area contributed by atoms with Crippen LogP contribution in [-0.2, 0) is 11.3 Å². The van der Waals surface area contributed by atoms with Crippen molar-refractivity contribution in [1.82, 2.24) is 0 Å². The van der Waals surface area contributed by atoms with Crippen LogP contribution in [0.25, 0.3) is 0 Å². The molecule has 0 unspecified atom stereocenters. The fraction of sp³-hybridized carbons (Fsp3) is 0.278. The quantitative estimate of drug-likeness (QED) is 0.806. The van der Waals surface area contributed by atoms with Crippen molar-refractivity contribution in [2.24, 2.45) is 0 Å². The maximum Gasteiger partial charge on any atom is 0.145 e. The zero-order valence-electron chi connectivity index (χ0n) is 13.9. The lowest BCUT2D eigenvalue weighted by atomic mass is 10.1. The minimum Gasteiger partial charge on any atom is -0.493 e. The van der Waals surface area contributed by atoms with Crippen LogP contribution in [0.3, 0.4) is 0 Å². The number of ether oxygens (including phenoxy) is 2. The lowest BCUT2D eigenvalue weighted by Crippen LogP contribution is -2.02. The summed E-state index contributed by atoms with van der Waals surface area (Å²) >= 11 is 4.21. The molecule has 124 valence electrons. The molecule has 1 N–H and O–H groups in total. The van der Waals surface area contributed by atoms with E-state index in [0.717, 1.165) is 16.8 Å². The SMILES string of the molecule is CNc1cc(C)ccc1COc1ccc(F)cc1C.COC=S. The fourth-order valence-corrected chi connectivity index (χ4v) is 1.98. The highest BCUT2D eigenvalue weighted by Gasteiger charge is 2.05. The summed E-state index contributed by atoms with van der Waals surface area (Å²) < 4.78 is 23.0. The van der Waals surface area contributed by atoms with Gasteiger partial charge in [0.2, 0.25) is 0 Å². The minimum atomic E-state index is -0.240. The highest BCUT2D eigenvalue weighted by molar-refractivity contribution is 7.78. The number of thiocarbonyl (C=S) groups is 1. The van der Waals surface area contributed by atoms with Gasteiger partial charge in [0.25, 0.3) is 0 Å². The van der Waals surface area contributed by atoms with Crippen LogP contribution < -0.4 is 10.1 Å². The second kappa shape index (κ2) is 9.79. The molecule has 0 fully saturated rings. The molecule has 0 saturated heterocycles. The van der Waals surface area contributed by atoms with E-state index in [1.54, 1.807) is 6.07 Å². The molecule has 0 aliphatic carbocycles. The maximum absolute atomic E-state index is 13.0. The van der Waals surface area contributed by atoms with E-state index in [2.05, 4.69) is 41.3 Å². The third kappa shape index (κ3) is 6.24. The first kappa shape index (κ1) is 18.9. The Hall–Kier alpha value is -2.14. The van der Waals surface area contributed by atoms with Gasteiger partial charge in [-0.25, -0.2) is 4.39 Å². The zero-order chi connectivity index (χ0) is 17.2. The average molecular weight is 335 g/mol. The summed E-state index contributed by atoms with van der Waals surface area (Å²) in [5.41, 5.74) is 5.35. The number of methoxy groups -OCH3 is 1. The van der Waals surface area contributed by atoms with Crippen LogP contribution >= 0.6 is 12.2 Å². The Morgan fingerprint density at radius 3 is 2.43 bits per heavy atom. The van der Waals surface area contributed by atoms with E-state index in [4.69, 9.17) is 4.74 Å².